The Hall–Kier alpha value is -1.99. The van der Waals surface area contributed by atoms with E-state index in [9.17, 15) is 8.42 Å². The van der Waals surface area contributed by atoms with Gasteiger partial charge in [0.1, 0.15) is 10.6 Å². The van der Waals surface area contributed by atoms with E-state index in [0.29, 0.717) is 5.75 Å². The molecule has 7 heteroatoms. The van der Waals surface area contributed by atoms with Crippen LogP contribution in [-0.4, -0.2) is 18.4 Å². The van der Waals surface area contributed by atoms with Gasteiger partial charge in [-0.15, -0.1) is 0 Å². The summed E-state index contributed by atoms with van der Waals surface area (Å²) in [6, 6.07) is 6.09. The third kappa shape index (κ3) is 2.77. The second-order valence-electron chi connectivity index (χ2n) is 3.14. The molecule has 0 saturated carbocycles. The van der Waals surface area contributed by atoms with E-state index in [1.54, 1.807) is 18.3 Å². The Bertz CT molecular complexity index is 614. The molecule has 0 spiro atoms. The van der Waals surface area contributed by atoms with Gasteiger partial charge < -0.3 is 4.74 Å². The van der Waals surface area contributed by atoms with E-state index in [4.69, 9.17) is 9.88 Å². The van der Waals surface area contributed by atoms with Crippen LogP contribution in [0.1, 0.15) is 0 Å². The van der Waals surface area contributed by atoms with Gasteiger partial charge in [0.25, 0.3) is 0 Å². The molecule has 0 fully saturated rings. The van der Waals surface area contributed by atoms with Crippen LogP contribution in [-0.2, 0) is 10.0 Å². The maximum atomic E-state index is 11.3. The third-order valence-corrected chi connectivity index (χ3v) is 2.82. The fraction of sp³-hybridized carbons (Fsp3) is 0. The van der Waals surface area contributed by atoms with Gasteiger partial charge in [0, 0.05) is 12.4 Å². The summed E-state index contributed by atoms with van der Waals surface area (Å²) in [6.07, 6.45) is 4.44. The van der Waals surface area contributed by atoms with Crippen molar-refractivity contribution >= 4 is 10.0 Å². The number of hydrogen-bond donors (Lipinski definition) is 1. The van der Waals surface area contributed by atoms with Crippen molar-refractivity contribution in [2.24, 2.45) is 5.14 Å². The lowest BCUT2D eigenvalue weighted by Gasteiger charge is -2.07. The zero-order chi connectivity index (χ0) is 12.3. The summed E-state index contributed by atoms with van der Waals surface area (Å²) < 4.78 is 27.9. The monoisotopic (exact) mass is 251 g/mol. The number of rotatable bonds is 3. The van der Waals surface area contributed by atoms with Gasteiger partial charge in [-0.3, -0.25) is 4.98 Å². The molecule has 2 rings (SSSR count). The lowest BCUT2D eigenvalue weighted by atomic mass is 10.4. The number of nitrogens with two attached hydrogens (primary N) is 1. The zero-order valence-corrected chi connectivity index (χ0v) is 9.46. The SMILES string of the molecule is NS(=O)(=O)c1cccnc1Oc1cccnc1. The minimum atomic E-state index is -3.86. The lowest BCUT2D eigenvalue weighted by molar-refractivity contribution is 0.445. The number of ether oxygens (including phenoxy) is 1. The van der Waals surface area contributed by atoms with Crippen molar-refractivity contribution in [2.75, 3.05) is 0 Å². The molecule has 0 unspecified atom stereocenters. The summed E-state index contributed by atoms with van der Waals surface area (Å²) in [4.78, 5) is 7.51. The minimum absolute atomic E-state index is 0.0667. The van der Waals surface area contributed by atoms with Crippen molar-refractivity contribution in [3.05, 3.63) is 42.9 Å². The topological polar surface area (TPSA) is 95.2 Å². The van der Waals surface area contributed by atoms with Crippen LogP contribution >= 0.6 is 0 Å². The van der Waals surface area contributed by atoms with Crippen LogP contribution in [0.15, 0.2) is 47.8 Å². The van der Waals surface area contributed by atoms with Gasteiger partial charge in [-0.25, -0.2) is 18.5 Å². The molecule has 0 aliphatic heterocycles. The number of primary sulfonamides is 1. The molecular weight excluding hydrogens is 242 g/mol. The normalized spacial score (nSPS) is 11.1. The van der Waals surface area contributed by atoms with Gasteiger partial charge in [0.05, 0.1) is 6.20 Å². The maximum Gasteiger partial charge on any atom is 0.243 e. The number of sulfonamides is 1. The van der Waals surface area contributed by atoms with Gasteiger partial charge in [0.2, 0.25) is 15.9 Å². The Balaban J connectivity index is 2.41. The average molecular weight is 251 g/mol. The van der Waals surface area contributed by atoms with Crippen molar-refractivity contribution < 1.29 is 13.2 Å². The molecule has 2 heterocycles. The maximum absolute atomic E-state index is 11.3. The minimum Gasteiger partial charge on any atom is -0.436 e. The van der Waals surface area contributed by atoms with E-state index in [0.717, 1.165) is 0 Å². The molecule has 0 amide bonds. The highest BCUT2D eigenvalue weighted by Gasteiger charge is 2.16. The second kappa shape index (κ2) is 4.48. The second-order valence-corrected chi connectivity index (χ2v) is 4.67. The van der Waals surface area contributed by atoms with E-state index >= 15 is 0 Å². The Morgan fingerprint density at radius 1 is 1.18 bits per heavy atom. The van der Waals surface area contributed by atoms with Crippen molar-refractivity contribution in [3.63, 3.8) is 0 Å². The fourth-order valence-electron chi connectivity index (χ4n) is 1.19. The van der Waals surface area contributed by atoms with E-state index in [-0.39, 0.29) is 10.8 Å². The summed E-state index contributed by atoms with van der Waals surface area (Å²) in [5.74, 6) is 0.319. The molecule has 0 aliphatic carbocycles. The standard InChI is InChI=1S/C10H9N3O3S/c11-17(14,15)9-4-2-6-13-10(9)16-8-3-1-5-12-7-8/h1-7H,(H2,11,14,15). The highest BCUT2D eigenvalue weighted by atomic mass is 32.2. The van der Waals surface area contributed by atoms with Crippen LogP contribution in [0.5, 0.6) is 11.6 Å². The number of pyridine rings is 2. The van der Waals surface area contributed by atoms with Gasteiger partial charge >= 0.3 is 0 Å². The quantitative estimate of drug-likeness (QED) is 0.875. The molecule has 17 heavy (non-hydrogen) atoms. The van der Waals surface area contributed by atoms with Crippen molar-refractivity contribution in [3.8, 4) is 11.6 Å². The summed E-state index contributed by atoms with van der Waals surface area (Å²) in [5, 5.41) is 5.05. The van der Waals surface area contributed by atoms with E-state index in [2.05, 4.69) is 9.97 Å². The molecule has 0 radical (unpaired) electrons. The zero-order valence-electron chi connectivity index (χ0n) is 8.65. The molecule has 6 nitrogen and oxygen atoms in total. The van der Waals surface area contributed by atoms with Crippen LogP contribution in [0.25, 0.3) is 0 Å². The predicted molar refractivity (Wildman–Crippen MR) is 59.9 cm³/mol. The summed E-state index contributed by atoms with van der Waals surface area (Å²) in [7, 11) is -3.86. The Kier molecular flexibility index (Phi) is 3.03. The summed E-state index contributed by atoms with van der Waals surface area (Å²) in [6.45, 7) is 0. The van der Waals surface area contributed by atoms with Gasteiger partial charge in [-0.05, 0) is 24.3 Å². The largest absolute Gasteiger partial charge is 0.436 e. The van der Waals surface area contributed by atoms with Crippen molar-refractivity contribution in [2.45, 2.75) is 4.90 Å². The average Bonchev–Trinajstić information content (AvgIpc) is 2.30. The van der Waals surface area contributed by atoms with Crippen molar-refractivity contribution in [1.82, 2.24) is 9.97 Å². The molecule has 0 aliphatic rings. The molecule has 0 saturated heterocycles. The third-order valence-electron chi connectivity index (χ3n) is 1.89. The first-order valence-corrected chi connectivity index (χ1v) is 6.18. The predicted octanol–water partition coefficient (Wildman–Crippen LogP) is 0.916. The molecule has 2 N–H and O–H groups in total. The molecular formula is C10H9N3O3S. The molecule has 88 valence electrons. The van der Waals surface area contributed by atoms with Crippen LogP contribution in [0, 0.1) is 0 Å². The van der Waals surface area contributed by atoms with Crippen LogP contribution < -0.4 is 9.88 Å². The highest BCUT2D eigenvalue weighted by molar-refractivity contribution is 7.89. The van der Waals surface area contributed by atoms with Crippen LogP contribution in [0.2, 0.25) is 0 Å². The number of aromatic nitrogens is 2. The van der Waals surface area contributed by atoms with Crippen molar-refractivity contribution in [1.29, 1.82) is 0 Å². The summed E-state index contributed by atoms with van der Waals surface area (Å²) >= 11 is 0. The van der Waals surface area contributed by atoms with Gasteiger partial charge in [0.15, 0.2) is 0 Å². The molecule has 0 aromatic carbocycles. The van der Waals surface area contributed by atoms with E-state index in [1.807, 2.05) is 0 Å². The summed E-state index contributed by atoms with van der Waals surface area (Å²) in [5.41, 5.74) is 0. The van der Waals surface area contributed by atoms with Gasteiger partial charge in [-0.2, -0.15) is 0 Å². The van der Waals surface area contributed by atoms with Gasteiger partial charge in [-0.1, -0.05) is 0 Å². The number of hydrogen-bond acceptors (Lipinski definition) is 5. The lowest BCUT2D eigenvalue weighted by Crippen LogP contribution is -2.13. The first kappa shape index (κ1) is 11.5. The first-order valence-electron chi connectivity index (χ1n) is 4.63. The van der Waals surface area contributed by atoms with Crippen LogP contribution in [0.3, 0.4) is 0 Å². The van der Waals surface area contributed by atoms with Crippen LogP contribution in [0.4, 0.5) is 0 Å². The molecule has 0 atom stereocenters. The Labute approximate surface area is 98.1 Å². The number of nitrogens with zero attached hydrogens (tertiary/aromatic N) is 2. The first-order chi connectivity index (χ1) is 8.07. The Morgan fingerprint density at radius 2 is 1.94 bits per heavy atom. The van der Waals surface area contributed by atoms with E-state index in [1.165, 1.54) is 24.5 Å². The molecule has 2 aromatic heterocycles. The molecule has 0 bridgehead atoms. The van der Waals surface area contributed by atoms with E-state index < -0.39 is 10.0 Å². The highest BCUT2D eigenvalue weighted by Crippen LogP contribution is 2.24. The Morgan fingerprint density at radius 3 is 2.59 bits per heavy atom. The fourth-order valence-corrected chi connectivity index (χ4v) is 1.79. The molecule has 2 aromatic rings. The smallest absolute Gasteiger partial charge is 0.243 e.